The number of carbonyl (C=O) groups is 2. The van der Waals surface area contributed by atoms with E-state index in [1.807, 2.05) is 0 Å². The van der Waals surface area contributed by atoms with Crippen LogP contribution >= 0.6 is 11.6 Å². The zero-order chi connectivity index (χ0) is 13.8. The van der Waals surface area contributed by atoms with Crippen molar-refractivity contribution in [1.82, 2.24) is 0 Å². The number of hydrogen-bond donors (Lipinski definition) is 0. The summed E-state index contributed by atoms with van der Waals surface area (Å²) >= 11 is 5.98. The third-order valence-corrected chi connectivity index (χ3v) is 2.94. The third kappa shape index (κ3) is 3.03. The first-order valence-electron chi connectivity index (χ1n) is 5.56. The van der Waals surface area contributed by atoms with Gasteiger partial charge in [-0.1, -0.05) is 29.8 Å². The van der Waals surface area contributed by atoms with Gasteiger partial charge in [-0.15, -0.1) is 0 Å². The molecule has 4 nitrogen and oxygen atoms in total. The Balaban J connectivity index is 2.15. The van der Waals surface area contributed by atoms with Crippen molar-refractivity contribution in [2.75, 3.05) is 7.11 Å². The highest BCUT2D eigenvalue weighted by Crippen LogP contribution is 2.18. The van der Waals surface area contributed by atoms with Crippen LogP contribution < -0.4 is 0 Å². The number of ether oxygens (including phenoxy) is 1. The smallest absolute Gasteiger partial charge is 0.373 e. The predicted molar refractivity (Wildman–Crippen MR) is 69.5 cm³/mol. The van der Waals surface area contributed by atoms with Crippen molar-refractivity contribution in [2.45, 2.75) is 6.42 Å². The quantitative estimate of drug-likeness (QED) is 0.637. The molecule has 0 saturated carbocycles. The first-order valence-corrected chi connectivity index (χ1v) is 5.94. The van der Waals surface area contributed by atoms with E-state index in [-0.39, 0.29) is 23.7 Å². The second kappa shape index (κ2) is 5.71. The summed E-state index contributed by atoms with van der Waals surface area (Å²) in [5.74, 6) is -0.745. The Morgan fingerprint density at radius 2 is 1.84 bits per heavy atom. The summed E-state index contributed by atoms with van der Waals surface area (Å²) in [6, 6.07) is 9.93. The van der Waals surface area contributed by atoms with Crippen molar-refractivity contribution in [3.8, 4) is 0 Å². The van der Waals surface area contributed by atoms with E-state index < -0.39 is 5.97 Å². The second-order valence-electron chi connectivity index (χ2n) is 3.85. The van der Waals surface area contributed by atoms with E-state index in [1.54, 1.807) is 24.3 Å². The SMILES string of the molecule is COC(=O)c1ccc(C(=O)Cc2ccccc2Cl)o1. The lowest BCUT2D eigenvalue weighted by Crippen LogP contribution is -2.03. The molecule has 98 valence electrons. The van der Waals surface area contributed by atoms with Gasteiger partial charge in [-0.05, 0) is 23.8 Å². The number of ketones is 1. The number of hydrogen-bond acceptors (Lipinski definition) is 4. The minimum Gasteiger partial charge on any atom is -0.463 e. The summed E-state index contributed by atoms with van der Waals surface area (Å²) < 4.78 is 9.64. The zero-order valence-electron chi connectivity index (χ0n) is 10.2. The molecule has 2 aromatic rings. The number of benzene rings is 1. The van der Waals surface area contributed by atoms with Crippen molar-refractivity contribution >= 4 is 23.4 Å². The van der Waals surface area contributed by atoms with E-state index in [0.29, 0.717) is 10.6 Å². The Labute approximate surface area is 114 Å². The number of methoxy groups -OCH3 is 1. The number of halogens is 1. The van der Waals surface area contributed by atoms with Gasteiger partial charge in [0.1, 0.15) is 0 Å². The minimum atomic E-state index is -0.614. The summed E-state index contributed by atoms with van der Waals surface area (Å²) in [5, 5.41) is 0.524. The maximum Gasteiger partial charge on any atom is 0.373 e. The van der Waals surface area contributed by atoms with Crippen LogP contribution in [0.2, 0.25) is 5.02 Å². The van der Waals surface area contributed by atoms with Crippen LogP contribution in [0.3, 0.4) is 0 Å². The van der Waals surface area contributed by atoms with Crippen LogP contribution in [-0.4, -0.2) is 18.9 Å². The van der Waals surface area contributed by atoms with E-state index in [0.717, 1.165) is 0 Å². The molecular weight excluding hydrogens is 268 g/mol. The standard InChI is InChI=1S/C14H11ClO4/c1-18-14(17)13-7-6-12(19-13)11(16)8-9-4-2-3-5-10(9)15/h2-7H,8H2,1H3. The molecule has 2 rings (SSSR count). The highest BCUT2D eigenvalue weighted by atomic mass is 35.5. The highest BCUT2D eigenvalue weighted by molar-refractivity contribution is 6.31. The van der Waals surface area contributed by atoms with Crippen molar-refractivity contribution in [2.24, 2.45) is 0 Å². The normalized spacial score (nSPS) is 10.2. The van der Waals surface area contributed by atoms with Gasteiger partial charge in [-0.2, -0.15) is 0 Å². The summed E-state index contributed by atoms with van der Waals surface area (Å²) in [4.78, 5) is 23.2. The fraction of sp³-hybridized carbons (Fsp3) is 0.143. The third-order valence-electron chi connectivity index (χ3n) is 2.58. The molecule has 0 spiro atoms. The first kappa shape index (κ1) is 13.4. The Hall–Kier alpha value is -2.07. The van der Waals surface area contributed by atoms with Crippen LogP contribution in [0, 0.1) is 0 Å². The Morgan fingerprint density at radius 3 is 2.53 bits per heavy atom. The van der Waals surface area contributed by atoms with E-state index in [9.17, 15) is 9.59 Å². The van der Waals surface area contributed by atoms with Gasteiger partial charge in [0.25, 0.3) is 0 Å². The van der Waals surface area contributed by atoms with Crippen LogP contribution in [0.4, 0.5) is 0 Å². The zero-order valence-corrected chi connectivity index (χ0v) is 10.9. The van der Waals surface area contributed by atoms with Gasteiger partial charge >= 0.3 is 5.97 Å². The molecule has 1 aromatic carbocycles. The molecule has 1 aromatic heterocycles. The van der Waals surface area contributed by atoms with Crippen LogP contribution in [0.15, 0.2) is 40.8 Å². The van der Waals surface area contributed by atoms with Crippen LogP contribution in [-0.2, 0) is 11.2 Å². The largest absolute Gasteiger partial charge is 0.463 e. The van der Waals surface area contributed by atoms with Crippen molar-refractivity contribution in [1.29, 1.82) is 0 Å². The summed E-state index contributed by atoms with van der Waals surface area (Å²) in [6.45, 7) is 0. The molecule has 0 saturated heterocycles. The van der Waals surface area contributed by atoms with Crippen molar-refractivity contribution in [3.63, 3.8) is 0 Å². The lowest BCUT2D eigenvalue weighted by Gasteiger charge is -2.01. The molecule has 0 aliphatic carbocycles. The van der Waals surface area contributed by atoms with Gasteiger partial charge in [-0.25, -0.2) is 4.79 Å². The molecule has 0 aliphatic rings. The number of rotatable bonds is 4. The number of furan rings is 1. The van der Waals surface area contributed by atoms with E-state index in [1.165, 1.54) is 19.2 Å². The van der Waals surface area contributed by atoms with Crippen molar-refractivity contribution < 1.29 is 18.7 Å². The molecule has 0 N–H and O–H groups in total. The molecule has 0 fully saturated rings. The maximum atomic E-state index is 12.0. The molecule has 5 heteroatoms. The molecule has 1 heterocycles. The molecule has 19 heavy (non-hydrogen) atoms. The number of esters is 1. The number of Topliss-reactive ketones (excluding diaryl/α,β-unsaturated/α-hetero) is 1. The Morgan fingerprint density at radius 1 is 1.16 bits per heavy atom. The van der Waals surface area contributed by atoms with Gasteiger partial charge in [-0.3, -0.25) is 4.79 Å². The molecule has 0 amide bonds. The average molecular weight is 279 g/mol. The summed E-state index contributed by atoms with van der Waals surface area (Å²) in [5.41, 5.74) is 0.713. The molecule has 0 unspecified atom stereocenters. The Kier molecular flexibility index (Phi) is 4.02. The molecule has 0 atom stereocenters. The lowest BCUT2D eigenvalue weighted by molar-refractivity contribution is 0.0563. The molecular formula is C14H11ClO4. The van der Waals surface area contributed by atoms with Crippen LogP contribution in [0.1, 0.15) is 26.7 Å². The van der Waals surface area contributed by atoms with E-state index in [4.69, 9.17) is 16.0 Å². The highest BCUT2D eigenvalue weighted by Gasteiger charge is 2.17. The van der Waals surface area contributed by atoms with Crippen molar-refractivity contribution in [3.05, 3.63) is 58.5 Å². The van der Waals surface area contributed by atoms with Gasteiger partial charge in [0, 0.05) is 11.4 Å². The molecule has 0 radical (unpaired) electrons. The minimum absolute atomic E-state index is 0.00464. The summed E-state index contributed by atoms with van der Waals surface area (Å²) in [6.07, 6.45) is 0.119. The Bertz CT molecular complexity index is 615. The van der Waals surface area contributed by atoms with Gasteiger partial charge < -0.3 is 9.15 Å². The lowest BCUT2D eigenvalue weighted by atomic mass is 10.1. The van der Waals surface area contributed by atoms with Gasteiger partial charge in [0.05, 0.1) is 7.11 Å². The average Bonchev–Trinajstić information content (AvgIpc) is 2.90. The monoisotopic (exact) mass is 278 g/mol. The van der Waals surface area contributed by atoms with Crippen LogP contribution in [0.25, 0.3) is 0 Å². The topological polar surface area (TPSA) is 56.5 Å². The van der Waals surface area contributed by atoms with Gasteiger partial charge in [0.2, 0.25) is 11.5 Å². The molecule has 0 bridgehead atoms. The molecule has 0 aliphatic heterocycles. The van der Waals surface area contributed by atoms with Gasteiger partial charge in [0.15, 0.2) is 5.76 Å². The predicted octanol–water partition coefficient (Wildman–Crippen LogP) is 3.15. The number of carbonyl (C=O) groups excluding carboxylic acids is 2. The van der Waals surface area contributed by atoms with E-state index in [2.05, 4.69) is 4.74 Å². The van der Waals surface area contributed by atoms with Crippen LogP contribution in [0.5, 0.6) is 0 Å². The maximum absolute atomic E-state index is 12.0. The fourth-order valence-electron chi connectivity index (χ4n) is 1.60. The second-order valence-corrected chi connectivity index (χ2v) is 4.25. The fourth-order valence-corrected chi connectivity index (χ4v) is 1.80. The summed E-state index contributed by atoms with van der Waals surface area (Å²) in [7, 11) is 1.25. The van der Waals surface area contributed by atoms with E-state index >= 15 is 0 Å². The first-order chi connectivity index (χ1) is 9.11.